The Morgan fingerprint density at radius 2 is 1.92 bits per heavy atom. The van der Waals surface area contributed by atoms with Crippen molar-refractivity contribution in [1.82, 2.24) is 0 Å². The molecule has 0 atom stereocenters. The van der Waals surface area contributed by atoms with Crippen molar-refractivity contribution in [3.05, 3.63) is 62.7 Å². The standard InChI is InChI=1S/C17H16ClNO6/c1-23-15-10-14(19(21)22)12(17(20)24-2)9-16(15)25-8-7-11-5-3-4-6-13(11)18/h3-6,9-10H,7-8H2,1-2H3. The Labute approximate surface area is 149 Å². The first-order valence-corrected chi connectivity index (χ1v) is 7.66. The van der Waals surface area contributed by atoms with Crippen molar-refractivity contribution in [1.29, 1.82) is 0 Å². The van der Waals surface area contributed by atoms with Crippen LogP contribution in [0.15, 0.2) is 36.4 Å². The highest BCUT2D eigenvalue weighted by molar-refractivity contribution is 6.31. The molecule has 0 aliphatic rings. The van der Waals surface area contributed by atoms with Crippen molar-refractivity contribution in [3.63, 3.8) is 0 Å². The largest absolute Gasteiger partial charge is 0.493 e. The molecule has 0 saturated carbocycles. The van der Waals surface area contributed by atoms with Gasteiger partial charge in [-0.05, 0) is 11.6 Å². The minimum absolute atomic E-state index is 0.151. The zero-order valence-corrected chi connectivity index (χ0v) is 14.4. The molecule has 0 aliphatic carbocycles. The van der Waals surface area contributed by atoms with E-state index in [0.29, 0.717) is 11.4 Å². The van der Waals surface area contributed by atoms with Crippen LogP contribution in [0.1, 0.15) is 15.9 Å². The minimum atomic E-state index is -0.828. The SMILES string of the molecule is COC(=O)c1cc(OCCc2ccccc2Cl)c(OC)cc1[N+](=O)[O-]. The number of ether oxygens (including phenoxy) is 3. The highest BCUT2D eigenvalue weighted by Crippen LogP contribution is 2.35. The molecular formula is C17H16ClNO6. The van der Waals surface area contributed by atoms with Crippen molar-refractivity contribution >= 4 is 23.3 Å². The van der Waals surface area contributed by atoms with Crippen LogP contribution >= 0.6 is 11.6 Å². The molecule has 0 spiro atoms. The lowest BCUT2D eigenvalue weighted by Gasteiger charge is -2.12. The highest BCUT2D eigenvalue weighted by atomic mass is 35.5. The number of nitro benzene ring substituents is 1. The van der Waals surface area contributed by atoms with Gasteiger partial charge in [0.25, 0.3) is 5.69 Å². The van der Waals surface area contributed by atoms with Gasteiger partial charge in [-0.1, -0.05) is 29.8 Å². The third-order valence-corrected chi connectivity index (χ3v) is 3.84. The second-order valence-electron chi connectivity index (χ2n) is 4.96. The lowest BCUT2D eigenvalue weighted by atomic mass is 10.1. The fourth-order valence-corrected chi connectivity index (χ4v) is 2.45. The maximum Gasteiger partial charge on any atom is 0.345 e. The molecule has 0 N–H and O–H groups in total. The molecular weight excluding hydrogens is 350 g/mol. The average Bonchev–Trinajstić information content (AvgIpc) is 2.62. The molecule has 7 nitrogen and oxygen atoms in total. The molecule has 2 rings (SSSR count). The van der Waals surface area contributed by atoms with Crippen molar-refractivity contribution in [2.24, 2.45) is 0 Å². The van der Waals surface area contributed by atoms with Gasteiger partial charge in [-0.15, -0.1) is 0 Å². The Balaban J connectivity index is 2.25. The van der Waals surface area contributed by atoms with Crippen LogP contribution in [-0.4, -0.2) is 31.7 Å². The number of nitro groups is 1. The molecule has 0 radical (unpaired) electrons. The van der Waals surface area contributed by atoms with Crippen LogP contribution in [0, 0.1) is 10.1 Å². The van der Waals surface area contributed by atoms with Crippen molar-refractivity contribution < 1.29 is 23.9 Å². The van der Waals surface area contributed by atoms with E-state index in [9.17, 15) is 14.9 Å². The van der Waals surface area contributed by atoms with Gasteiger partial charge in [0.15, 0.2) is 11.5 Å². The van der Waals surface area contributed by atoms with E-state index in [0.717, 1.165) is 18.7 Å². The number of halogens is 1. The molecule has 0 aromatic heterocycles. The van der Waals surface area contributed by atoms with Gasteiger partial charge >= 0.3 is 5.97 Å². The number of hydrogen-bond donors (Lipinski definition) is 0. The van der Waals surface area contributed by atoms with Gasteiger partial charge in [0.05, 0.1) is 31.8 Å². The predicted molar refractivity (Wildman–Crippen MR) is 91.6 cm³/mol. The number of rotatable bonds is 7. The molecule has 0 bridgehead atoms. The first-order valence-electron chi connectivity index (χ1n) is 7.29. The van der Waals surface area contributed by atoms with Gasteiger partial charge in [-0.2, -0.15) is 0 Å². The van der Waals surface area contributed by atoms with Crippen molar-refractivity contribution in [2.45, 2.75) is 6.42 Å². The molecule has 0 fully saturated rings. The number of esters is 1. The molecule has 0 saturated heterocycles. The fourth-order valence-electron chi connectivity index (χ4n) is 2.22. The third-order valence-electron chi connectivity index (χ3n) is 3.47. The summed E-state index contributed by atoms with van der Waals surface area (Å²) in [6, 6.07) is 9.72. The zero-order chi connectivity index (χ0) is 18.4. The maximum atomic E-state index is 11.8. The lowest BCUT2D eigenvalue weighted by Crippen LogP contribution is -2.09. The molecule has 0 unspecified atom stereocenters. The summed E-state index contributed by atoms with van der Waals surface area (Å²) in [7, 11) is 2.51. The molecule has 132 valence electrons. The van der Waals surface area contributed by atoms with E-state index in [1.165, 1.54) is 13.2 Å². The van der Waals surface area contributed by atoms with Gasteiger partial charge in [-0.3, -0.25) is 10.1 Å². The summed E-state index contributed by atoms with van der Waals surface area (Å²) in [6.45, 7) is 0.249. The van der Waals surface area contributed by atoms with E-state index in [-0.39, 0.29) is 23.7 Å². The first kappa shape index (κ1) is 18.5. The third kappa shape index (κ3) is 4.39. The molecule has 25 heavy (non-hydrogen) atoms. The van der Waals surface area contributed by atoms with Gasteiger partial charge in [0.2, 0.25) is 0 Å². The van der Waals surface area contributed by atoms with E-state index in [1.54, 1.807) is 6.07 Å². The van der Waals surface area contributed by atoms with Crippen LogP contribution in [0.2, 0.25) is 5.02 Å². The molecule has 0 heterocycles. The summed E-state index contributed by atoms with van der Waals surface area (Å²) in [5, 5.41) is 11.8. The normalized spacial score (nSPS) is 10.2. The topological polar surface area (TPSA) is 87.9 Å². The minimum Gasteiger partial charge on any atom is -0.493 e. The summed E-state index contributed by atoms with van der Waals surface area (Å²) in [5.41, 5.74) is 0.279. The number of carbonyl (C=O) groups is 1. The molecule has 0 aliphatic heterocycles. The fraction of sp³-hybridized carbons (Fsp3) is 0.235. The van der Waals surface area contributed by atoms with Crippen LogP contribution in [0.25, 0.3) is 0 Å². The summed E-state index contributed by atoms with van der Waals surface area (Å²) < 4.78 is 15.4. The summed E-state index contributed by atoms with van der Waals surface area (Å²) in [4.78, 5) is 22.3. The second-order valence-corrected chi connectivity index (χ2v) is 5.37. The van der Waals surface area contributed by atoms with Gasteiger partial charge in [-0.25, -0.2) is 4.79 Å². The van der Waals surface area contributed by atoms with E-state index < -0.39 is 16.6 Å². The van der Waals surface area contributed by atoms with Gasteiger partial charge in [0, 0.05) is 17.5 Å². The Morgan fingerprint density at radius 1 is 1.20 bits per heavy atom. The van der Waals surface area contributed by atoms with E-state index >= 15 is 0 Å². The van der Waals surface area contributed by atoms with Crippen LogP contribution in [0.4, 0.5) is 5.69 Å². The second kappa shape index (κ2) is 8.34. The monoisotopic (exact) mass is 365 g/mol. The lowest BCUT2D eigenvalue weighted by molar-refractivity contribution is -0.385. The van der Waals surface area contributed by atoms with E-state index in [4.69, 9.17) is 21.1 Å². The summed E-state index contributed by atoms with van der Waals surface area (Å²) in [5.74, 6) is -0.468. The Bertz CT molecular complexity index is 793. The van der Waals surface area contributed by atoms with Crippen molar-refractivity contribution in [2.75, 3.05) is 20.8 Å². The number of benzene rings is 2. The molecule has 0 amide bonds. The smallest absolute Gasteiger partial charge is 0.345 e. The van der Waals surface area contributed by atoms with E-state index in [1.807, 2.05) is 18.2 Å². The molecule has 2 aromatic rings. The highest BCUT2D eigenvalue weighted by Gasteiger charge is 2.25. The zero-order valence-electron chi connectivity index (χ0n) is 13.7. The Hall–Kier alpha value is -2.80. The maximum absolute atomic E-state index is 11.8. The van der Waals surface area contributed by atoms with Crippen LogP contribution in [-0.2, 0) is 11.2 Å². The molecule has 2 aromatic carbocycles. The predicted octanol–water partition coefficient (Wildman–Crippen LogP) is 3.66. The van der Waals surface area contributed by atoms with Crippen molar-refractivity contribution in [3.8, 4) is 11.5 Å². The Kier molecular flexibility index (Phi) is 6.19. The van der Waals surface area contributed by atoms with Gasteiger partial charge < -0.3 is 14.2 Å². The average molecular weight is 366 g/mol. The first-order chi connectivity index (χ1) is 12.0. The van der Waals surface area contributed by atoms with E-state index in [2.05, 4.69) is 4.74 Å². The number of nitrogens with zero attached hydrogens (tertiary/aromatic N) is 1. The summed E-state index contributed by atoms with van der Waals surface area (Å²) >= 11 is 6.09. The van der Waals surface area contributed by atoms with Crippen LogP contribution in [0.3, 0.4) is 0 Å². The molecule has 8 heteroatoms. The Morgan fingerprint density at radius 3 is 2.52 bits per heavy atom. The van der Waals surface area contributed by atoms with Gasteiger partial charge in [0.1, 0.15) is 5.56 Å². The van der Waals surface area contributed by atoms with Crippen LogP contribution in [0.5, 0.6) is 11.5 Å². The number of carbonyl (C=O) groups excluding carboxylic acids is 1. The quantitative estimate of drug-likeness (QED) is 0.422. The number of hydrogen-bond acceptors (Lipinski definition) is 6. The van der Waals surface area contributed by atoms with Crippen LogP contribution < -0.4 is 9.47 Å². The summed E-state index contributed by atoms with van der Waals surface area (Å²) in [6.07, 6.45) is 0.521. The number of methoxy groups -OCH3 is 2.